The number of rotatable bonds is 6. The van der Waals surface area contributed by atoms with Crippen LogP contribution in [0, 0.1) is 0 Å². The molecule has 146 valence electrons. The van der Waals surface area contributed by atoms with Crippen LogP contribution in [0.1, 0.15) is 11.1 Å². The van der Waals surface area contributed by atoms with E-state index in [0.717, 1.165) is 0 Å². The van der Waals surface area contributed by atoms with Gasteiger partial charge in [0.05, 0.1) is 0 Å². The number of anilines is 2. The van der Waals surface area contributed by atoms with E-state index in [4.69, 9.17) is 23.2 Å². The predicted octanol–water partition coefficient (Wildman–Crippen LogP) is 4.68. The van der Waals surface area contributed by atoms with Crippen LogP contribution in [0.3, 0.4) is 0 Å². The second kappa shape index (κ2) is 9.68. The number of aromatic nitrogens is 2. The molecule has 0 atom stereocenters. The number of nitrogens with zero attached hydrogens (tertiary/aromatic N) is 2. The van der Waals surface area contributed by atoms with Crippen LogP contribution in [0.25, 0.3) is 12.2 Å². The van der Waals surface area contributed by atoms with Crippen molar-refractivity contribution in [1.29, 1.82) is 0 Å². The largest absolute Gasteiger partial charge is 0.301 e. The lowest BCUT2D eigenvalue weighted by atomic mass is 10.2. The maximum Gasteiger partial charge on any atom is 0.249 e. The van der Waals surface area contributed by atoms with Gasteiger partial charge in [-0.1, -0.05) is 59.6 Å². The monoisotopic (exact) mass is 428 g/mol. The summed E-state index contributed by atoms with van der Waals surface area (Å²) in [5, 5.41) is 13.1. The Bertz CT molecular complexity index is 1010. The molecule has 2 aromatic carbocycles. The Morgan fingerprint density at radius 3 is 1.59 bits per heavy atom. The van der Waals surface area contributed by atoms with Crippen molar-refractivity contribution in [3.8, 4) is 0 Å². The van der Waals surface area contributed by atoms with Crippen LogP contribution in [0.5, 0.6) is 0 Å². The van der Waals surface area contributed by atoms with E-state index in [0.29, 0.717) is 21.2 Å². The second-order valence-corrected chi connectivity index (χ2v) is 6.46. The van der Waals surface area contributed by atoms with E-state index in [1.54, 1.807) is 60.7 Å². The lowest BCUT2D eigenvalue weighted by Gasteiger charge is -2.01. The fraction of sp³-hybridized carbons (Fsp3) is 0. The summed E-state index contributed by atoms with van der Waals surface area (Å²) in [5.41, 5.74) is 1.36. The third-order valence-corrected chi connectivity index (χ3v) is 4.30. The molecule has 3 rings (SSSR count). The minimum Gasteiger partial charge on any atom is -0.301 e. The van der Waals surface area contributed by atoms with Gasteiger partial charge in [0.1, 0.15) is 0 Å². The lowest BCUT2D eigenvalue weighted by molar-refractivity contribution is -0.112. The van der Waals surface area contributed by atoms with Gasteiger partial charge in [-0.2, -0.15) is 0 Å². The molecule has 0 saturated heterocycles. The molecule has 0 aliphatic heterocycles. The van der Waals surface area contributed by atoms with Gasteiger partial charge in [0.15, 0.2) is 0 Å². The van der Waals surface area contributed by atoms with Crippen molar-refractivity contribution in [3.63, 3.8) is 0 Å². The Morgan fingerprint density at radius 1 is 0.759 bits per heavy atom. The Labute approximate surface area is 176 Å². The standard InChI is InChI=1S/C20H14Cl2N4O3/c21-15-7-3-1-5-13(15)9-11-17(27)23-19-20(26-29-25-19)24-18(28)12-10-14-6-2-4-8-16(14)22/h1-12H,(H,23,25,27)(H,24,26,28). The van der Waals surface area contributed by atoms with Crippen LogP contribution >= 0.6 is 23.2 Å². The summed E-state index contributed by atoms with van der Waals surface area (Å²) in [6, 6.07) is 14.1. The summed E-state index contributed by atoms with van der Waals surface area (Å²) in [6.07, 6.45) is 5.66. The van der Waals surface area contributed by atoms with E-state index < -0.39 is 11.8 Å². The fourth-order valence-electron chi connectivity index (χ4n) is 2.22. The van der Waals surface area contributed by atoms with Gasteiger partial charge < -0.3 is 10.6 Å². The van der Waals surface area contributed by atoms with E-state index >= 15 is 0 Å². The van der Waals surface area contributed by atoms with E-state index in [-0.39, 0.29) is 11.6 Å². The molecule has 3 aromatic rings. The summed E-state index contributed by atoms with van der Waals surface area (Å²) in [6.45, 7) is 0. The van der Waals surface area contributed by atoms with Crippen LogP contribution in [0.2, 0.25) is 10.0 Å². The number of benzene rings is 2. The van der Waals surface area contributed by atoms with Crippen molar-refractivity contribution in [2.24, 2.45) is 0 Å². The smallest absolute Gasteiger partial charge is 0.249 e. The molecule has 0 aliphatic carbocycles. The van der Waals surface area contributed by atoms with Crippen molar-refractivity contribution in [2.45, 2.75) is 0 Å². The molecule has 0 spiro atoms. The lowest BCUT2D eigenvalue weighted by Crippen LogP contribution is -2.13. The molecule has 0 bridgehead atoms. The van der Waals surface area contributed by atoms with Gasteiger partial charge in [-0.05, 0) is 45.7 Å². The maximum absolute atomic E-state index is 12.1. The third-order valence-electron chi connectivity index (χ3n) is 3.61. The Kier molecular flexibility index (Phi) is 6.78. The highest BCUT2D eigenvalue weighted by atomic mass is 35.5. The zero-order chi connectivity index (χ0) is 20.6. The maximum atomic E-state index is 12.1. The molecule has 29 heavy (non-hydrogen) atoms. The molecule has 1 aromatic heterocycles. The van der Waals surface area contributed by atoms with E-state index in [9.17, 15) is 9.59 Å². The first kappa shape index (κ1) is 20.3. The minimum atomic E-state index is -0.497. The fourth-order valence-corrected chi connectivity index (χ4v) is 2.62. The molecule has 0 saturated carbocycles. The topological polar surface area (TPSA) is 97.1 Å². The van der Waals surface area contributed by atoms with Gasteiger partial charge in [-0.15, -0.1) is 0 Å². The summed E-state index contributed by atoms with van der Waals surface area (Å²) in [5.74, 6) is -1.05. The average Bonchev–Trinajstić information content (AvgIpc) is 3.13. The van der Waals surface area contributed by atoms with Gasteiger partial charge in [0.25, 0.3) is 0 Å². The number of nitrogens with one attached hydrogen (secondary N) is 2. The number of carbonyl (C=O) groups is 2. The second-order valence-electron chi connectivity index (χ2n) is 5.65. The molecule has 9 heteroatoms. The highest BCUT2D eigenvalue weighted by Gasteiger charge is 2.13. The summed E-state index contributed by atoms with van der Waals surface area (Å²) < 4.78 is 4.59. The van der Waals surface area contributed by atoms with Gasteiger partial charge in [0.2, 0.25) is 23.5 Å². The highest BCUT2D eigenvalue weighted by Crippen LogP contribution is 2.19. The van der Waals surface area contributed by atoms with Gasteiger partial charge >= 0.3 is 0 Å². The molecule has 1 heterocycles. The van der Waals surface area contributed by atoms with Crippen LogP contribution in [-0.4, -0.2) is 22.1 Å². The normalized spacial score (nSPS) is 11.1. The molecule has 0 fully saturated rings. The van der Waals surface area contributed by atoms with Crippen molar-refractivity contribution in [2.75, 3.05) is 10.6 Å². The van der Waals surface area contributed by atoms with Crippen molar-refractivity contribution < 1.29 is 14.2 Å². The average molecular weight is 429 g/mol. The molecular formula is C20H14Cl2N4O3. The van der Waals surface area contributed by atoms with E-state index in [2.05, 4.69) is 25.6 Å². The third kappa shape index (κ3) is 5.78. The first-order chi connectivity index (χ1) is 14.0. The minimum absolute atomic E-state index is 0.0293. The van der Waals surface area contributed by atoms with Crippen molar-refractivity contribution in [1.82, 2.24) is 10.3 Å². The quantitative estimate of drug-likeness (QED) is 0.555. The Balaban J connectivity index is 1.62. The summed E-state index contributed by atoms with van der Waals surface area (Å²) in [7, 11) is 0. The van der Waals surface area contributed by atoms with E-state index in [1.165, 1.54) is 12.2 Å². The summed E-state index contributed by atoms with van der Waals surface area (Å²) >= 11 is 12.1. The molecule has 0 radical (unpaired) electrons. The number of halogens is 2. The van der Waals surface area contributed by atoms with Crippen molar-refractivity contribution >= 4 is 58.8 Å². The van der Waals surface area contributed by atoms with Crippen LogP contribution in [0.4, 0.5) is 11.6 Å². The first-order valence-corrected chi connectivity index (χ1v) is 9.08. The van der Waals surface area contributed by atoms with Gasteiger partial charge in [0, 0.05) is 22.2 Å². The van der Waals surface area contributed by atoms with Crippen LogP contribution in [0.15, 0.2) is 65.3 Å². The zero-order valence-electron chi connectivity index (χ0n) is 14.8. The zero-order valence-corrected chi connectivity index (χ0v) is 16.3. The van der Waals surface area contributed by atoms with Crippen molar-refractivity contribution in [3.05, 3.63) is 81.9 Å². The molecular weight excluding hydrogens is 415 g/mol. The first-order valence-electron chi connectivity index (χ1n) is 8.32. The molecule has 0 aliphatic rings. The number of hydrogen-bond acceptors (Lipinski definition) is 5. The number of amides is 2. The Hall–Kier alpha value is -3.42. The Morgan fingerprint density at radius 2 is 1.17 bits per heavy atom. The van der Waals surface area contributed by atoms with Gasteiger partial charge in [-0.3, -0.25) is 9.59 Å². The molecule has 0 unspecified atom stereocenters. The van der Waals surface area contributed by atoms with Crippen LogP contribution < -0.4 is 10.6 Å². The predicted molar refractivity (Wildman–Crippen MR) is 113 cm³/mol. The van der Waals surface area contributed by atoms with Crippen LogP contribution in [-0.2, 0) is 9.59 Å². The SMILES string of the molecule is O=C(C=Cc1ccccc1Cl)Nc1nonc1NC(=O)C=Cc1ccccc1Cl. The molecule has 2 amide bonds. The molecule has 2 N–H and O–H groups in total. The summed E-state index contributed by atoms with van der Waals surface area (Å²) in [4.78, 5) is 24.2. The van der Waals surface area contributed by atoms with Gasteiger partial charge in [-0.25, -0.2) is 4.63 Å². The highest BCUT2D eigenvalue weighted by molar-refractivity contribution is 6.32. The van der Waals surface area contributed by atoms with E-state index in [1.807, 2.05) is 0 Å². The number of carbonyl (C=O) groups excluding carboxylic acids is 2. The molecule has 7 nitrogen and oxygen atoms in total. The number of hydrogen-bond donors (Lipinski definition) is 2.